The summed E-state index contributed by atoms with van der Waals surface area (Å²) in [4.78, 5) is 13.6. The molecule has 0 fully saturated rings. The van der Waals surface area contributed by atoms with Gasteiger partial charge in [-0.2, -0.15) is 0 Å². The van der Waals surface area contributed by atoms with Gasteiger partial charge in [-0.3, -0.25) is 4.79 Å². The first kappa shape index (κ1) is 20.8. The van der Waals surface area contributed by atoms with E-state index in [4.69, 9.17) is 12.2 Å². The number of nitrogens with one attached hydrogen (secondary N) is 2. The maximum Gasteiger partial charge on any atom is 0.197 e. The Kier molecular flexibility index (Phi) is 7.74. The Morgan fingerprint density at radius 1 is 1.04 bits per heavy atom. The fourth-order valence-electron chi connectivity index (χ4n) is 2.96. The summed E-state index contributed by atoms with van der Waals surface area (Å²) in [6.07, 6.45) is 2.13. The summed E-state index contributed by atoms with van der Waals surface area (Å²) >= 11 is 5.65. The number of rotatable bonds is 8. The minimum Gasteiger partial charge on any atom is -0.388 e. The number of unbranched alkanes of at least 4 members (excludes halogenated alkanes) is 1. The minimum atomic E-state index is -0.0704. The second-order valence-electron chi connectivity index (χ2n) is 6.81. The Morgan fingerprint density at radius 2 is 1.67 bits per heavy atom. The van der Waals surface area contributed by atoms with Crippen molar-refractivity contribution < 1.29 is 4.79 Å². The van der Waals surface area contributed by atoms with Crippen LogP contribution in [0.3, 0.4) is 0 Å². The van der Waals surface area contributed by atoms with E-state index in [0.717, 1.165) is 41.9 Å². The summed E-state index contributed by atoms with van der Waals surface area (Å²) in [5.41, 5.74) is 5.16. The number of thiocarbonyl (C=S) groups is 1. The lowest BCUT2D eigenvalue weighted by molar-refractivity contribution is 0.103. The smallest absolute Gasteiger partial charge is 0.197 e. The van der Waals surface area contributed by atoms with Crippen molar-refractivity contribution in [2.24, 2.45) is 0 Å². The average molecular weight is 381 g/mol. The Morgan fingerprint density at radius 3 is 2.26 bits per heavy atom. The van der Waals surface area contributed by atoms with Crippen LogP contribution in [0.15, 0.2) is 59.8 Å². The Hall–Kier alpha value is -2.46. The summed E-state index contributed by atoms with van der Waals surface area (Å²) in [7, 11) is 0. The standard InChI is InChI=1S/C23H28N2OS/c1-5-6-12-24-18(4)21(22(26)19-10-8-7-9-11-19)23(27)25-20-14-16(2)13-17(3)15-20/h7-11,13-15,24H,5-6,12H2,1-4H3,(H,25,27). The van der Waals surface area contributed by atoms with Gasteiger partial charge in [0.05, 0.1) is 5.57 Å². The van der Waals surface area contributed by atoms with Gasteiger partial charge in [0.25, 0.3) is 0 Å². The summed E-state index contributed by atoms with van der Waals surface area (Å²) in [5.74, 6) is -0.0704. The average Bonchev–Trinajstić information content (AvgIpc) is 2.62. The molecule has 0 saturated carbocycles. The molecular formula is C23H28N2OS. The summed E-state index contributed by atoms with van der Waals surface area (Å²) in [6.45, 7) is 8.97. The van der Waals surface area contributed by atoms with E-state index in [1.165, 1.54) is 0 Å². The number of aryl methyl sites for hydroxylation is 2. The molecule has 0 aliphatic rings. The van der Waals surface area contributed by atoms with Gasteiger partial charge in [0.2, 0.25) is 0 Å². The summed E-state index contributed by atoms with van der Waals surface area (Å²) in [6, 6.07) is 15.4. The van der Waals surface area contributed by atoms with Crippen molar-refractivity contribution in [3.8, 4) is 0 Å². The van der Waals surface area contributed by atoms with Crippen LogP contribution in [-0.2, 0) is 0 Å². The molecule has 0 radical (unpaired) electrons. The summed E-state index contributed by atoms with van der Waals surface area (Å²) < 4.78 is 0. The number of hydrogen-bond donors (Lipinski definition) is 2. The van der Waals surface area contributed by atoms with Gasteiger partial charge in [0, 0.05) is 23.5 Å². The molecule has 0 aliphatic heterocycles. The van der Waals surface area contributed by atoms with Crippen LogP contribution >= 0.6 is 12.2 Å². The van der Waals surface area contributed by atoms with Gasteiger partial charge in [-0.05, 0) is 50.5 Å². The van der Waals surface area contributed by atoms with Crippen LogP contribution in [-0.4, -0.2) is 17.3 Å². The monoisotopic (exact) mass is 380 g/mol. The van der Waals surface area contributed by atoms with Crippen LogP contribution < -0.4 is 10.6 Å². The zero-order valence-electron chi connectivity index (χ0n) is 16.6. The third-order valence-corrected chi connectivity index (χ3v) is 4.57. The molecule has 0 spiro atoms. The number of carbonyl (C=O) groups is 1. The molecule has 142 valence electrons. The Balaban J connectivity index is 2.34. The van der Waals surface area contributed by atoms with E-state index in [0.29, 0.717) is 16.1 Å². The maximum atomic E-state index is 13.2. The third-order valence-electron chi connectivity index (χ3n) is 4.27. The number of allylic oxidation sites excluding steroid dienone is 1. The fraction of sp³-hybridized carbons (Fsp3) is 0.304. The fourth-order valence-corrected chi connectivity index (χ4v) is 3.32. The molecule has 0 bridgehead atoms. The van der Waals surface area contributed by atoms with Gasteiger partial charge in [0.15, 0.2) is 5.78 Å². The molecule has 0 unspecified atom stereocenters. The van der Waals surface area contributed by atoms with E-state index in [-0.39, 0.29) is 5.78 Å². The second kappa shape index (κ2) is 10.0. The molecule has 2 aromatic rings. The number of hydrogen-bond acceptors (Lipinski definition) is 3. The summed E-state index contributed by atoms with van der Waals surface area (Å²) in [5, 5.41) is 6.61. The first-order valence-corrected chi connectivity index (χ1v) is 9.77. The van der Waals surface area contributed by atoms with Crippen LogP contribution in [0.4, 0.5) is 5.69 Å². The van der Waals surface area contributed by atoms with Gasteiger partial charge in [-0.25, -0.2) is 0 Å². The quantitative estimate of drug-likeness (QED) is 0.271. The molecule has 2 rings (SSSR count). The van der Waals surface area contributed by atoms with E-state index in [2.05, 4.69) is 23.6 Å². The highest BCUT2D eigenvalue weighted by Gasteiger charge is 2.20. The molecular weight excluding hydrogens is 352 g/mol. The van der Waals surface area contributed by atoms with Crippen molar-refractivity contribution >= 4 is 28.7 Å². The predicted octanol–water partition coefficient (Wildman–Crippen LogP) is 5.59. The lowest BCUT2D eigenvalue weighted by Gasteiger charge is -2.16. The molecule has 2 N–H and O–H groups in total. The van der Waals surface area contributed by atoms with Crippen LogP contribution in [0.2, 0.25) is 0 Å². The van der Waals surface area contributed by atoms with Crippen molar-refractivity contribution in [1.82, 2.24) is 5.32 Å². The van der Waals surface area contributed by atoms with Crippen molar-refractivity contribution in [3.63, 3.8) is 0 Å². The van der Waals surface area contributed by atoms with Gasteiger partial charge >= 0.3 is 0 Å². The van der Waals surface area contributed by atoms with E-state index in [1.54, 1.807) is 0 Å². The molecule has 0 aromatic heterocycles. The number of carbonyl (C=O) groups excluding carboxylic acids is 1. The second-order valence-corrected chi connectivity index (χ2v) is 7.21. The van der Waals surface area contributed by atoms with Gasteiger partial charge in [-0.1, -0.05) is 62.0 Å². The van der Waals surface area contributed by atoms with Crippen LogP contribution in [0, 0.1) is 13.8 Å². The molecule has 0 aliphatic carbocycles. The molecule has 0 atom stereocenters. The van der Waals surface area contributed by atoms with E-state index < -0.39 is 0 Å². The number of ketones is 1. The molecule has 27 heavy (non-hydrogen) atoms. The highest BCUT2D eigenvalue weighted by molar-refractivity contribution is 7.81. The van der Waals surface area contributed by atoms with Crippen LogP contribution in [0.25, 0.3) is 0 Å². The third kappa shape index (κ3) is 6.04. The lowest BCUT2D eigenvalue weighted by atomic mass is 10.0. The van der Waals surface area contributed by atoms with Crippen LogP contribution in [0.1, 0.15) is 48.2 Å². The van der Waals surface area contributed by atoms with Crippen LogP contribution in [0.5, 0.6) is 0 Å². The molecule has 0 saturated heterocycles. The molecule has 4 heteroatoms. The van der Waals surface area contributed by atoms with Crippen molar-refractivity contribution in [2.75, 3.05) is 11.9 Å². The topological polar surface area (TPSA) is 41.1 Å². The SMILES string of the molecule is CCCCNC(C)=C(C(=O)c1ccccc1)C(=S)Nc1cc(C)cc(C)c1. The van der Waals surface area contributed by atoms with E-state index >= 15 is 0 Å². The van der Waals surface area contributed by atoms with Gasteiger partial charge < -0.3 is 10.6 Å². The number of benzene rings is 2. The highest BCUT2D eigenvalue weighted by Crippen LogP contribution is 2.19. The maximum absolute atomic E-state index is 13.2. The zero-order chi connectivity index (χ0) is 19.8. The predicted molar refractivity (Wildman–Crippen MR) is 119 cm³/mol. The minimum absolute atomic E-state index is 0.0704. The largest absolute Gasteiger partial charge is 0.388 e. The first-order chi connectivity index (χ1) is 12.9. The van der Waals surface area contributed by atoms with Crippen molar-refractivity contribution in [3.05, 3.63) is 76.5 Å². The van der Waals surface area contributed by atoms with E-state index in [9.17, 15) is 4.79 Å². The zero-order valence-corrected chi connectivity index (χ0v) is 17.4. The van der Waals surface area contributed by atoms with E-state index in [1.807, 2.05) is 63.2 Å². The number of anilines is 1. The van der Waals surface area contributed by atoms with Crippen molar-refractivity contribution in [2.45, 2.75) is 40.5 Å². The first-order valence-electron chi connectivity index (χ1n) is 9.36. The molecule has 0 amide bonds. The molecule has 2 aromatic carbocycles. The Labute approximate surface area is 167 Å². The lowest BCUT2D eigenvalue weighted by Crippen LogP contribution is -2.25. The van der Waals surface area contributed by atoms with Gasteiger partial charge in [0.1, 0.15) is 4.99 Å². The highest BCUT2D eigenvalue weighted by atomic mass is 32.1. The Bertz CT molecular complexity index is 820. The molecule has 0 heterocycles. The normalized spacial score (nSPS) is 11.6. The molecule has 3 nitrogen and oxygen atoms in total. The number of Topliss-reactive ketones (excluding diaryl/α,β-unsaturated/α-hetero) is 1. The van der Waals surface area contributed by atoms with Crippen molar-refractivity contribution in [1.29, 1.82) is 0 Å². The van der Waals surface area contributed by atoms with Gasteiger partial charge in [-0.15, -0.1) is 0 Å².